The first kappa shape index (κ1) is 11.9. The normalized spacial score (nSPS) is 28.6. The van der Waals surface area contributed by atoms with E-state index < -0.39 is 0 Å². The number of piperidine rings is 1. The summed E-state index contributed by atoms with van der Waals surface area (Å²) in [6.07, 6.45) is 4.75. The zero-order valence-electron chi connectivity index (χ0n) is 10.8. The molecular weight excluding hydrogens is 200 g/mol. The highest BCUT2D eigenvalue weighted by atomic mass is 16.2. The first-order valence-electron chi connectivity index (χ1n) is 6.55. The van der Waals surface area contributed by atoms with Crippen LogP contribution in [-0.2, 0) is 4.79 Å². The van der Waals surface area contributed by atoms with Gasteiger partial charge in [0.2, 0.25) is 5.91 Å². The molecule has 0 aromatic carbocycles. The van der Waals surface area contributed by atoms with Crippen molar-refractivity contribution < 1.29 is 4.79 Å². The molecule has 1 unspecified atom stereocenters. The van der Waals surface area contributed by atoms with E-state index in [1.54, 1.807) is 0 Å². The van der Waals surface area contributed by atoms with E-state index in [9.17, 15) is 4.79 Å². The van der Waals surface area contributed by atoms with Crippen LogP contribution in [0.3, 0.4) is 0 Å². The Balaban J connectivity index is 1.97. The largest absolute Gasteiger partial charge is 0.341 e. The number of rotatable bonds is 4. The molecule has 92 valence electrons. The van der Waals surface area contributed by atoms with Crippen LogP contribution < -0.4 is 5.32 Å². The Labute approximate surface area is 98.6 Å². The summed E-state index contributed by atoms with van der Waals surface area (Å²) in [6, 6.07) is 0.0664. The summed E-state index contributed by atoms with van der Waals surface area (Å²) in [5.74, 6) is 1.02. The van der Waals surface area contributed by atoms with E-state index in [4.69, 9.17) is 0 Å². The summed E-state index contributed by atoms with van der Waals surface area (Å²) in [6.45, 7) is 6.53. The lowest BCUT2D eigenvalue weighted by Crippen LogP contribution is -2.51. The van der Waals surface area contributed by atoms with Gasteiger partial charge in [-0.25, -0.2) is 0 Å². The number of hydrogen-bond acceptors (Lipinski definition) is 2. The Bertz CT molecular complexity index is 271. The molecular formula is C13H24N2O. The van der Waals surface area contributed by atoms with Crippen LogP contribution in [-0.4, -0.2) is 37.0 Å². The molecule has 1 aliphatic carbocycles. The van der Waals surface area contributed by atoms with Gasteiger partial charge < -0.3 is 10.2 Å². The van der Waals surface area contributed by atoms with Gasteiger partial charge in [0.1, 0.15) is 0 Å². The fourth-order valence-electron chi connectivity index (χ4n) is 2.82. The molecule has 0 bridgehead atoms. The van der Waals surface area contributed by atoms with Gasteiger partial charge in [-0.15, -0.1) is 0 Å². The van der Waals surface area contributed by atoms with Crippen molar-refractivity contribution in [3.8, 4) is 0 Å². The molecule has 0 radical (unpaired) electrons. The number of likely N-dealkylation sites (N-methyl/N-ethyl adjacent to an activating group) is 1. The van der Waals surface area contributed by atoms with Crippen LogP contribution in [0, 0.1) is 11.3 Å². The van der Waals surface area contributed by atoms with E-state index in [0.29, 0.717) is 17.2 Å². The zero-order valence-corrected chi connectivity index (χ0v) is 10.8. The van der Waals surface area contributed by atoms with E-state index in [-0.39, 0.29) is 6.04 Å². The fraction of sp³-hybridized carbons (Fsp3) is 0.923. The van der Waals surface area contributed by atoms with Gasteiger partial charge in [-0.3, -0.25) is 4.79 Å². The number of nitrogens with one attached hydrogen (secondary N) is 1. The number of carbonyl (C=O) groups is 1. The third-order valence-corrected chi connectivity index (χ3v) is 4.50. The molecule has 2 rings (SSSR count). The van der Waals surface area contributed by atoms with Gasteiger partial charge in [0, 0.05) is 13.1 Å². The van der Waals surface area contributed by atoms with Crippen LogP contribution in [0.2, 0.25) is 0 Å². The summed E-state index contributed by atoms with van der Waals surface area (Å²) in [7, 11) is 1.89. The van der Waals surface area contributed by atoms with Crippen LogP contribution >= 0.6 is 0 Å². The lowest BCUT2D eigenvalue weighted by molar-refractivity contribution is -0.137. The molecule has 16 heavy (non-hydrogen) atoms. The summed E-state index contributed by atoms with van der Waals surface area (Å²) < 4.78 is 0. The third kappa shape index (κ3) is 2.10. The molecule has 3 nitrogen and oxygen atoms in total. The number of nitrogens with zero attached hydrogens (tertiary/aromatic N) is 1. The molecule has 1 saturated carbocycles. The van der Waals surface area contributed by atoms with Crippen molar-refractivity contribution in [2.24, 2.45) is 11.3 Å². The van der Waals surface area contributed by atoms with Crippen molar-refractivity contribution in [2.75, 3.05) is 20.1 Å². The second-order valence-electron chi connectivity index (χ2n) is 5.76. The predicted molar refractivity (Wildman–Crippen MR) is 65.2 cm³/mol. The van der Waals surface area contributed by atoms with Crippen molar-refractivity contribution in [3.05, 3.63) is 0 Å². The van der Waals surface area contributed by atoms with E-state index >= 15 is 0 Å². The Kier molecular flexibility index (Phi) is 3.24. The third-order valence-electron chi connectivity index (χ3n) is 4.50. The summed E-state index contributed by atoms with van der Waals surface area (Å²) in [5, 5.41) is 3.13. The van der Waals surface area contributed by atoms with Gasteiger partial charge in [0.25, 0.3) is 0 Å². The SMILES string of the molecule is CNC1CCCN(CC2(C(C)C)CC2)C1=O. The maximum atomic E-state index is 12.1. The molecule has 1 saturated heterocycles. The van der Waals surface area contributed by atoms with Crippen molar-refractivity contribution in [1.82, 2.24) is 10.2 Å². The quantitative estimate of drug-likeness (QED) is 0.787. The first-order valence-corrected chi connectivity index (χ1v) is 6.55. The first-order chi connectivity index (χ1) is 7.59. The molecule has 0 aromatic heterocycles. The average molecular weight is 224 g/mol. The van der Waals surface area contributed by atoms with Gasteiger partial charge >= 0.3 is 0 Å². The lowest BCUT2D eigenvalue weighted by Gasteiger charge is -2.36. The van der Waals surface area contributed by atoms with Crippen molar-refractivity contribution in [2.45, 2.75) is 45.6 Å². The summed E-state index contributed by atoms with van der Waals surface area (Å²) >= 11 is 0. The predicted octanol–water partition coefficient (Wildman–Crippen LogP) is 1.63. The smallest absolute Gasteiger partial charge is 0.239 e. The van der Waals surface area contributed by atoms with E-state index in [1.165, 1.54) is 12.8 Å². The highest BCUT2D eigenvalue weighted by Gasteiger charge is 2.47. The summed E-state index contributed by atoms with van der Waals surface area (Å²) in [5.41, 5.74) is 0.450. The Morgan fingerprint density at radius 3 is 2.69 bits per heavy atom. The van der Waals surface area contributed by atoms with Crippen LogP contribution in [0.4, 0.5) is 0 Å². The lowest BCUT2D eigenvalue weighted by atomic mass is 9.90. The van der Waals surface area contributed by atoms with E-state index in [1.807, 2.05) is 7.05 Å². The second-order valence-corrected chi connectivity index (χ2v) is 5.76. The van der Waals surface area contributed by atoms with Gasteiger partial charge in [-0.05, 0) is 44.1 Å². The molecule has 0 aromatic rings. The molecule has 1 aliphatic heterocycles. The highest BCUT2D eigenvalue weighted by molar-refractivity contribution is 5.82. The van der Waals surface area contributed by atoms with E-state index in [2.05, 4.69) is 24.1 Å². The van der Waals surface area contributed by atoms with Crippen LogP contribution in [0.1, 0.15) is 39.5 Å². The topological polar surface area (TPSA) is 32.3 Å². The molecule has 2 fully saturated rings. The standard InChI is InChI=1S/C13H24N2O/c1-10(2)13(6-7-13)9-15-8-4-5-11(14-3)12(15)16/h10-11,14H,4-9H2,1-3H3. The van der Waals surface area contributed by atoms with Crippen molar-refractivity contribution >= 4 is 5.91 Å². The van der Waals surface area contributed by atoms with E-state index in [0.717, 1.165) is 25.9 Å². The molecule has 1 atom stereocenters. The Morgan fingerprint density at radius 1 is 1.50 bits per heavy atom. The van der Waals surface area contributed by atoms with Crippen LogP contribution in [0.5, 0.6) is 0 Å². The summed E-state index contributed by atoms with van der Waals surface area (Å²) in [4.78, 5) is 14.2. The minimum Gasteiger partial charge on any atom is -0.341 e. The molecule has 2 aliphatic rings. The van der Waals surface area contributed by atoms with Crippen molar-refractivity contribution in [1.29, 1.82) is 0 Å². The van der Waals surface area contributed by atoms with Crippen LogP contribution in [0.25, 0.3) is 0 Å². The van der Waals surface area contributed by atoms with Gasteiger partial charge in [0.15, 0.2) is 0 Å². The average Bonchev–Trinajstić information content (AvgIpc) is 3.02. The zero-order chi connectivity index (χ0) is 11.8. The van der Waals surface area contributed by atoms with Crippen molar-refractivity contribution in [3.63, 3.8) is 0 Å². The molecule has 3 heteroatoms. The maximum Gasteiger partial charge on any atom is 0.239 e. The van der Waals surface area contributed by atoms with Gasteiger partial charge in [0.05, 0.1) is 6.04 Å². The molecule has 1 N–H and O–H groups in total. The Morgan fingerprint density at radius 2 is 2.19 bits per heavy atom. The van der Waals surface area contributed by atoms with Crippen LogP contribution in [0.15, 0.2) is 0 Å². The molecule has 0 spiro atoms. The molecule has 1 heterocycles. The number of likely N-dealkylation sites (tertiary alicyclic amines) is 1. The van der Waals surface area contributed by atoms with Gasteiger partial charge in [-0.1, -0.05) is 13.8 Å². The second kappa shape index (κ2) is 4.36. The number of hydrogen-bond donors (Lipinski definition) is 1. The minimum atomic E-state index is 0.0664. The van der Waals surface area contributed by atoms with Gasteiger partial charge in [-0.2, -0.15) is 0 Å². The maximum absolute atomic E-state index is 12.1. The monoisotopic (exact) mass is 224 g/mol. The minimum absolute atomic E-state index is 0.0664. The number of carbonyl (C=O) groups excluding carboxylic acids is 1. The fourth-order valence-corrected chi connectivity index (χ4v) is 2.82. The molecule has 1 amide bonds. The Hall–Kier alpha value is -0.570. The number of amides is 1. The highest BCUT2D eigenvalue weighted by Crippen LogP contribution is 2.52.